The lowest BCUT2D eigenvalue weighted by Crippen LogP contribution is -2.42. The fourth-order valence-corrected chi connectivity index (χ4v) is 6.96. The van der Waals surface area contributed by atoms with Crippen molar-refractivity contribution in [3.63, 3.8) is 0 Å². The van der Waals surface area contributed by atoms with Crippen molar-refractivity contribution in [2.45, 2.75) is 68.6 Å². The Kier molecular flexibility index (Phi) is 12.6. The Morgan fingerprint density at radius 1 is 0.895 bits per heavy atom. The molecule has 300 valence electrons. The first kappa shape index (κ1) is 40.5. The summed E-state index contributed by atoms with van der Waals surface area (Å²) >= 11 is 0. The second kappa shape index (κ2) is 17.8. The molecule has 0 spiro atoms. The molecule has 2 aromatic carbocycles. The van der Waals surface area contributed by atoms with E-state index in [4.69, 9.17) is 24.9 Å². The lowest BCUT2D eigenvalue weighted by Gasteiger charge is -2.22. The van der Waals surface area contributed by atoms with Gasteiger partial charge in [-0.3, -0.25) is 14.6 Å². The smallest absolute Gasteiger partial charge is 0.475 e. The number of carboxylic acid groups (broad SMARTS) is 1. The van der Waals surface area contributed by atoms with Gasteiger partial charge in [-0.2, -0.15) is 23.1 Å². The monoisotopic (exact) mass is 789 g/mol. The molecule has 18 heteroatoms. The van der Waals surface area contributed by atoms with Crippen LogP contribution >= 0.6 is 0 Å². The van der Waals surface area contributed by atoms with E-state index in [0.717, 1.165) is 11.1 Å². The molecule has 6 N–H and O–H groups in total. The van der Waals surface area contributed by atoms with Gasteiger partial charge in [0.1, 0.15) is 17.9 Å². The Morgan fingerprint density at radius 3 is 2.14 bits per heavy atom. The fraction of sp³-hybridized carbons (Fsp3) is 0.359. The van der Waals surface area contributed by atoms with Crippen molar-refractivity contribution in [1.82, 2.24) is 35.1 Å². The number of fused-ring (bicyclic) bond motifs is 1. The molecule has 5 aromatic rings. The molecule has 5 atom stereocenters. The number of halogens is 3. The molecule has 1 saturated heterocycles. The predicted molar refractivity (Wildman–Crippen MR) is 202 cm³/mol. The van der Waals surface area contributed by atoms with Gasteiger partial charge in [0.2, 0.25) is 11.9 Å². The lowest BCUT2D eigenvalue weighted by atomic mass is 9.91. The van der Waals surface area contributed by atoms with Crippen LogP contribution in [-0.4, -0.2) is 108 Å². The molecule has 4 heterocycles. The Balaban J connectivity index is 0.000000719. The van der Waals surface area contributed by atoms with Gasteiger partial charge in [0, 0.05) is 44.2 Å². The molecule has 2 amide bonds. The first-order chi connectivity index (χ1) is 27.3. The van der Waals surface area contributed by atoms with Crippen LogP contribution in [0.25, 0.3) is 11.2 Å². The van der Waals surface area contributed by atoms with Crippen molar-refractivity contribution >= 4 is 40.7 Å². The summed E-state index contributed by atoms with van der Waals surface area (Å²) in [5, 5.41) is 38.7. The maximum Gasteiger partial charge on any atom is 0.490 e. The number of amides is 2. The Hall–Kier alpha value is -6.14. The first-order valence-corrected chi connectivity index (χ1v) is 18.3. The van der Waals surface area contributed by atoms with Gasteiger partial charge >= 0.3 is 12.1 Å². The van der Waals surface area contributed by atoms with Gasteiger partial charge in [-0.25, -0.2) is 9.78 Å². The SMILES string of the molecule is CCC(=O)N[C@H]1C[C@@H](n2cnc3c(NCC(c4ccccc4)c4ccccc4)nc(N4CC[C@@H](NC(=O)c5ccccn5)C4)nc32)[C@H](O)[C@@H]1O.O=C(O)C(F)(F)F. The van der Waals surface area contributed by atoms with Crippen LogP contribution in [0.5, 0.6) is 0 Å². The minimum Gasteiger partial charge on any atom is -0.475 e. The van der Waals surface area contributed by atoms with E-state index in [1.165, 1.54) is 0 Å². The van der Waals surface area contributed by atoms with E-state index in [9.17, 15) is 33.0 Å². The number of nitrogens with zero attached hydrogens (tertiary/aromatic N) is 6. The number of carboxylic acids is 1. The fourth-order valence-electron chi connectivity index (χ4n) is 6.96. The third kappa shape index (κ3) is 9.64. The van der Waals surface area contributed by atoms with Crippen LogP contribution in [0.3, 0.4) is 0 Å². The average molecular weight is 790 g/mol. The minimum atomic E-state index is -5.08. The third-order valence-corrected chi connectivity index (χ3v) is 9.91. The highest BCUT2D eigenvalue weighted by atomic mass is 19.4. The molecule has 1 aliphatic heterocycles. The van der Waals surface area contributed by atoms with Gasteiger partial charge in [0.05, 0.1) is 18.4 Å². The van der Waals surface area contributed by atoms with Crippen molar-refractivity contribution < 1.29 is 42.9 Å². The molecule has 2 fully saturated rings. The summed E-state index contributed by atoms with van der Waals surface area (Å²) in [4.78, 5) is 54.8. The standard InChI is InChI=1S/C37H41N9O4.C2HF3O2/c1-2-30(47)42-28-19-29(33(49)32(28)48)46-22-40-31-34(39-20-26(23-11-5-3-6-12-23)24-13-7-4-8-14-24)43-37(44-35(31)46)45-18-16-25(21-45)41-36(50)27-15-9-10-17-38-27;3-2(4,5)1(6)7/h3-15,17,22,25-26,28-29,32-33,48-49H,2,16,18-21H2,1H3,(H,41,50)(H,42,47)(H,39,43,44);(H,6,7)/t25-,28+,29-,32-,33+;/m1./s1. The van der Waals surface area contributed by atoms with Crippen LogP contribution in [0.2, 0.25) is 0 Å². The van der Waals surface area contributed by atoms with Crippen molar-refractivity contribution in [3.05, 3.63) is 108 Å². The van der Waals surface area contributed by atoms with Crippen molar-refractivity contribution in [1.29, 1.82) is 0 Å². The number of anilines is 2. The van der Waals surface area contributed by atoms with E-state index in [-0.39, 0.29) is 30.2 Å². The Morgan fingerprint density at radius 2 is 1.54 bits per heavy atom. The van der Waals surface area contributed by atoms with Crippen LogP contribution in [0.4, 0.5) is 24.9 Å². The molecular weight excluding hydrogens is 747 g/mol. The zero-order chi connectivity index (χ0) is 40.7. The number of hydrogen-bond donors (Lipinski definition) is 6. The molecule has 2 aliphatic rings. The molecule has 1 saturated carbocycles. The normalized spacial score (nSPS) is 20.5. The number of aliphatic carboxylic acids is 1. The summed E-state index contributed by atoms with van der Waals surface area (Å²) in [7, 11) is 0. The summed E-state index contributed by atoms with van der Waals surface area (Å²) in [6, 6.07) is 24.5. The topological polar surface area (TPSA) is 208 Å². The molecule has 0 bridgehead atoms. The zero-order valence-corrected chi connectivity index (χ0v) is 30.8. The molecule has 0 unspecified atom stereocenters. The van der Waals surface area contributed by atoms with Gasteiger partial charge in [0.15, 0.2) is 17.0 Å². The number of alkyl halides is 3. The van der Waals surface area contributed by atoms with Crippen molar-refractivity contribution in [3.8, 4) is 0 Å². The van der Waals surface area contributed by atoms with Gasteiger partial charge in [-0.05, 0) is 36.1 Å². The summed E-state index contributed by atoms with van der Waals surface area (Å²) in [5.41, 5.74) is 3.67. The van der Waals surface area contributed by atoms with Crippen LogP contribution < -0.4 is 20.9 Å². The number of aliphatic hydroxyl groups is 2. The van der Waals surface area contributed by atoms with Gasteiger partial charge in [0.25, 0.3) is 5.91 Å². The quantitative estimate of drug-likeness (QED) is 0.113. The molecule has 7 rings (SSSR count). The number of pyridine rings is 1. The summed E-state index contributed by atoms with van der Waals surface area (Å²) in [6.07, 6.45) is -2.90. The number of carbonyl (C=O) groups is 3. The van der Waals surface area contributed by atoms with Crippen LogP contribution in [0.15, 0.2) is 91.4 Å². The van der Waals surface area contributed by atoms with Gasteiger partial charge < -0.3 is 40.7 Å². The summed E-state index contributed by atoms with van der Waals surface area (Å²) < 4.78 is 33.5. The number of imidazole rings is 1. The molecule has 1 aliphatic carbocycles. The van der Waals surface area contributed by atoms with Gasteiger partial charge in [-0.15, -0.1) is 0 Å². The van der Waals surface area contributed by atoms with Gasteiger partial charge in [-0.1, -0.05) is 73.7 Å². The minimum absolute atomic E-state index is 0.0145. The van der Waals surface area contributed by atoms with Crippen molar-refractivity contribution in [2.24, 2.45) is 0 Å². The second-order valence-electron chi connectivity index (χ2n) is 13.7. The van der Waals surface area contributed by atoms with Crippen LogP contribution in [-0.2, 0) is 9.59 Å². The first-order valence-electron chi connectivity index (χ1n) is 18.3. The van der Waals surface area contributed by atoms with E-state index in [2.05, 4.69) is 45.2 Å². The highest BCUT2D eigenvalue weighted by Crippen LogP contribution is 2.35. The number of aliphatic hydroxyl groups excluding tert-OH is 2. The largest absolute Gasteiger partial charge is 0.490 e. The van der Waals surface area contributed by atoms with E-state index in [1.807, 2.05) is 41.3 Å². The van der Waals surface area contributed by atoms with E-state index < -0.39 is 36.4 Å². The third-order valence-electron chi connectivity index (χ3n) is 9.91. The Bertz CT molecular complexity index is 2100. The predicted octanol–water partition coefficient (Wildman–Crippen LogP) is 3.67. The number of nitrogens with one attached hydrogen (secondary N) is 3. The molecular formula is C39H42F3N9O6. The van der Waals surface area contributed by atoms with Crippen LogP contribution in [0.1, 0.15) is 59.8 Å². The number of aromatic nitrogens is 5. The highest BCUT2D eigenvalue weighted by molar-refractivity contribution is 5.92. The number of hydrogen-bond acceptors (Lipinski definition) is 11. The number of rotatable bonds is 11. The summed E-state index contributed by atoms with van der Waals surface area (Å²) in [5.74, 6) is -2.19. The second-order valence-corrected chi connectivity index (χ2v) is 13.7. The maximum absolute atomic E-state index is 12.9. The van der Waals surface area contributed by atoms with E-state index >= 15 is 0 Å². The summed E-state index contributed by atoms with van der Waals surface area (Å²) in [6.45, 7) is 3.36. The lowest BCUT2D eigenvalue weighted by molar-refractivity contribution is -0.192. The number of carbonyl (C=O) groups excluding carboxylic acids is 2. The zero-order valence-electron chi connectivity index (χ0n) is 30.8. The number of benzene rings is 2. The highest BCUT2D eigenvalue weighted by Gasteiger charge is 2.44. The molecule has 3 aromatic heterocycles. The van der Waals surface area contributed by atoms with Crippen molar-refractivity contribution in [2.75, 3.05) is 29.9 Å². The van der Waals surface area contributed by atoms with E-state index in [1.54, 1.807) is 42.2 Å². The van der Waals surface area contributed by atoms with Crippen LogP contribution in [0, 0.1) is 0 Å². The Labute approximate surface area is 325 Å². The average Bonchev–Trinajstić information content (AvgIpc) is 3.93. The van der Waals surface area contributed by atoms with E-state index in [0.29, 0.717) is 61.1 Å². The molecule has 57 heavy (non-hydrogen) atoms. The molecule has 15 nitrogen and oxygen atoms in total. The maximum atomic E-state index is 12.9. The molecule has 0 radical (unpaired) electrons.